The second-order valence-corrected chi connectivity index (χ2v) is 5.97. The van der Waals surface area contributed by atoms with Crippen LogP contribution in [0.15, 0.2) is 46.0 Å². The zero-order valence-electron chi connectivity index (χ0n) is 12.3. The van der Waals surface area contributed by atoms with E-state index in [0.29, 0.717) is 5.56 Å². The van der Waals surface area contributed by atoms with Gasteiger partial charge in [-0.2, -0.15) is 0 Å². The molecule has 0 aliphatic carbocycles. The average molecular weight is 348 g/mol. The van der Waals surface area contributed by atoms with Gasteiger partial charge in [-0.25, -0.2) is 0 Å². The first-order valence-corrected chi connectivity index (χ1v) is 7.31. The maximum Gasteiger partial charge on any atom is 0.172 e. The second kappa shape index (κ2) is 6.18. The van der Waals surface area contributed by atoms with E-state index in [1.54, 1.807) is 0 Å². The molecule has 21 heavy (non-hydrogen) atoms. The molecule has 0 saturated carbocycles. The summed E-state index contributed by atoms with van der Waals surface area (Å²) in [5.74, 6) is 0.0914. The number of hydrogen-bond acceptors (Lipinski definition) is 3. The summed E-state index contributed by atoms with van der Waals surface area (Å²) in [6.07, 6.45) is 0. The second-order valence-electron chi connectivity index (χ2n) is 5.05. The lowest BCUT2D eigenvalue weighted by Crippen LogP contribution is -2.19. The SMILES string of the molecule is Cc1cc(C)cc(N(C)c2cc(Br)ccc2/C(N)=N/O)c1. The van der Waals surface area contributed by atoms with Gasteiger partial charge in [0.25, 0.3) is 0 Å². The molecule has 0 spiro atoms. The highest BCUT2D eigenvalue weighted by Gasteiger charge is 2.13. The van der Waals surface area contributed by atoms with Crippen LogP contribution < -0.4 is 10.6 Å². The molecule has 0 saturated heterocycles. The van der Waals surface area contributed by atoms with Gasteiger partial charge in [0, 0.05) is 22.8 Å². The molecule has 2 aromatic carbocycles. The van der Waals surface area contributed by atoms with E-state index in [4.69, 9.17) is 10.9 Å². The van der Waals surface area contributed by atoms with E-state index < -0.39 is 0 Å². The van der Waals surface area contributed by atoms with Gasteiger partial charge in [-0.3, -0.25) is 0 Å². The Morgan fingerprint density at radius 1 is 1.14 bits per heavy atom. The van der Waals surface area contributed by atoms with Gasteiger partial charge in [0.15, 0.2) is 5.84 Å². The molecule has 0 amide bonds. The molecule has 0 heterocycles. The third-order valence-electron chi connectivity index (χ3n) is 3.30. The molecule has 0 aliphatic heterocycles. The topological polar surface area (TPSA) is 61.8 Å². The lowest BCUT2D eigenvalue weighted by Gasteiger charge is -2.23. The lowest BCUT2D eigenvalue weighted by molar-refractivity contribution is 0.318. The third kappa shape index (κ3) is 3.36. The fourth-order valence-electron chi connectivity index (χ4n) is 2.34. The van der Waals surface area contributed by atoms with Gasteiger partial charge in [0.05, 0.1) is 5.69 Å². The van der Waals surface area contributed by atoms with Crippen molar-refractivity contribution in [3.63, 3.8) is 0 Å². The monoisotopic (exact) mass is 347 g/mol. The molecule has 2 aromatic rings. The van der Waals surface area contributed by atoms with E-state index in [1.807, 2.05) is 30.1 Å². The van der Waals surface area contributed by atoms with Gasteiger partial charge in [0.2, 0.25) is 0 Å². The summed E-state index contributed by atoms with van der Waals surface area (Å²) in [5, 5.41) is 12.1. The normalized spacial score (nSPS) is 11.5. The van der Waals surface area contributed by atoms with Crippen molar-refractivity contribution < 1.29 is 5.21 Å². The van der Waals surface area contributed by atoms with Crippen molar-refractivity contribution in [2.75, 3.05) is 11.9 Å². The van der Waals surface area contributed by atoms with Crippen LogP contribution in [-0.2, 0) is 0 Å². The number of benzene rings is 2. The minimum Gasteiger partial charge on any atom is -0.409 e. The Morgan fingerprint density at radius 2 is 1.76 bits per heavy atom. The van der Waals surface area contributed by atoms with Crippen LogP contribution in [0.1, 0.15) is 16.7 Å². The van der Waals surface area contributed by atoms with Crippen LogP contribution in [0.2, 0.25) is 0 Å². The molecule has 0 fully saturated rings. The smallest absolute Gasteiger partial charge is 0.172 e. The highest BCUT2D eigenvalue weighted by Crippen LogP contribution is 2.31. The van der Waals surface area contributed by atoms with E-state index in [1.165, 1.54) is 11.1 Å². The highest BCUT2D eigenvalue weighted by molar-refractivity contribution is 9.10. The fourth-order valence-corrected chi connectivity index (χ4v) is 2.69. The van der Waals surface area contributed by atoms with E-state index in [0.717, 1.165) is 15.8 Å². The maximum absolute atomic E-state index is 8.96. The van der Waals surface area contributed by atoms with Crippen molar-refractivity contribution in [1.82, 2.24) is 0 Å². The first kappa shape index (κ1) is 15.4. The van der Waals surface area contributed by atoms with E-state index >= 15 is 0 Å². The number of nitrogens with two attached hydrogens (primary N) is 1. The van der Waals surface area contributed by atoms with Crippen LogP contribution >= 0.6 is 15.9 Å². The first-order valence-electron chi connectivity index (χ1n) is 6.52. The predicted octanol–water partition coefficient (Wildman–Crippen LogP) is 3.93. The summed E-state index contributed by atoms with van der Waals surface area (Å²) in [4.78, 5) is 2.03. The van der Waals surface area contributed by atoms with Crippen molar-refractivity contribution >= 4 is 33.1 Å². The van der Waals surface area contributed by atoms with Crippen molar-refractivity contribution in [1.29, 1.82) is 0 Å². The molecule has 0 unspecified atom stereocenters. The number of rotatable bonds is 3. The molecule has 0 bridgehead atoms. The van der Waals surface area contributed by atoms with Gasteiger partial charge in [0.1, 0.15) is 0 Å². The molecule has 4 nitrogen and oxygen atoms in total. The Balaban J connectivity index is 2.56. The first-order chi connectivity index (χ1) is 9.92. The minimum atomic E-state index is 0.0914. The lowest BCUT2D eigenvalue weighted by atomic mass is 10.1. The fraction of sp³-hybridized carbons (Fsp3) is 0.188. The zero-order valence-corrected chi connectivity index (χ0v) is 13.8. The molecular weight excluding hydrogens is 330 g/mol. The van der Waals surface area contributed by atoms with E-state index in [-0.39, 0.29) is 5.84 Å². The Kier molecular flexibility index (Phi) is 4.53. The van der Waals surface area contributed by atoms with E-state index in [9.17, 15) is 0 Å². The van der Waals surface area contributed by atoms with Crippen LogP contribution in [0.5, 0.6) is 0 Å². The standard InChI is InChI=1S/C16H18BrN3O/c1-10-6-11(2)8-13(7-10)20(3)15-9-12(17)4-5-14(15)16(18)19-21/h4-9,21H,1-3H3,(H2,18,19). The minimum absolute atomic E-state index is 0.0914. The highest BCUT2D eigenvalue weighted by atomic mass is 79.9. The summed E-state index contributed by atoms with van der Waals surface area (Å²) in [5.41, 5.74) is 10.8. The van der Waals surface area contributed by atoms with Gasteiger partial charge in [-0.1, -0.05) is 27.2 Å². The summed E-state index contributed by atoms with van der Waals surface area (Å²) in [6, 6.07) is 12.0. The number of halogens is 1. The number of amidine groups is 1. The Morgan fingerprint density at radius 3 is 2.33 bits per heavy atom. The number of oxime groups is 1. The number of hydrogen-bond donors (Lipinski definition) is 2. The summed E-state index contributed by atoms with van der Waals surface area (Å²) < 4.78 is 0.934. The predicted molar refractivity (Wildman–Crippen MR) is 90.6 cm³/mol. The molecule has 3 N–H and O–H groups in total. The van der Waals surface area contributed by atoms with Gasteiger partial charge in [-0.05, 0) is 55.3 Å². The van der Waals surface area contributed by atoms with Crippen LogP contribution in [0.25, 0.3) is 0 Å². The Labute approximate surface area is 133 Å². The largest absolute Gasteiger partial charge is 0.409 e. The molecular formula is C16H18BrN3O. The molecule has 0 aromatic heterocycles. The van der Waals surface area contributed by atoms with Crippen LogP contribution in [0.3, 0.4) is 0 Å². The van der Waals surface area contributed by atoms with Crippen LogP contribution in [0.4, 0.5) is 11.4 Å². The quantitative estimate of drug-likeness (QED) is 0.382. The average Bonchev–Trinajstić information content (AvgIpc) is 2.44. The molecule has 110 valence electrons. The molecule has 2 rings (SSSR count). The van der Waals surface area contributed by atoms with Crippen molar-refractivity contribution in [2.45, 2.75) is 13.8 Å². The van der Waals surface area contributed by atoms with Crippen molar-refractivity contribution in [2.24, 2.45) is 10.9 Å². The maximum atomic E-state index is 8.96. The van der Waals surface area contributed by atoms with Gasteiger partial charge < -0.3 is 15.8 Å². The number of aryl methyl sites for hydroxylation is 2. The Bertz CT molecular complexity index is 678. The van der Waals surface area contributed by atoms with Crippen molar-refractivity contribution in [3.8, 4) is 0 Å². The zero-order chi connectivity index (χ0) is 15.6. The van der Waals surface area contributed by atoms with E-state index in [2.05, 4.69) is 53.1 Å². The van der Waals surface area contributed by atoms with Crippen LogP contribution in [0, 0.1) is 13.8 Å². The summed E-state index contributed by atoms with van der Waals surface area (Å²) in [7, 11) is 1.96. The van der Waals surface area contributed by atoms with Gasteiger partial charge in [-0.15, -0.1) is 0 Å². The van der Waals surface area contributed by atoms with Crippen molar-refractivity contribution in [3.05, 3.63) is 57.6 Å². The molecule has 0 atom stereocenters. The Hall–Kier alpha value is -2.01. The molecule has 0 aliphatic rings. The summed E-state index contributed by atoms with van der Waals surface area (Å²) in [6.45, 7) is 4.13. The number of anilines is 2. The third-order valence-corrected chi connectivity index (χ3v) is 3.79. The van der Waals surface area contributed by atoms with Crippen LogP contribution in [-0.4, -0.2) is 18.1 Å². The molecule has 0 radical (unpaired) electrons. The number of nitrogens with zero attached hydrogens (tertiary/aromatic N) is 2. The van der Waals surface area contributed by atoms with Gasteiger partial charge >= 0.3 is 0 Å². The summed E-state index contributed by atoms with van der Waals surface area (Å²) >= 11 is 3.47. The molecule has 5 heteroatoms.